The maximum absolute atomic E-state index is 11.8. The molecule has 19 heavy (non-hydrogen) atoms. The summed E-state index contributed by atoms with van der Waals surface area (Å²) in [6.45, 7) is 1.31. The summed E-state index contributed by atoms with van der Waals surface area (Å²) in [6.07, 6.45) is 0. The number of carbonyl (C=O) groups is 1. The zero-order chi connectivity index (χ0) is 13.7. The average molecular weight is 393 g/mol. The third-order valence-electron chi connectivity index (χ3n) is 2.88. The van der Waals surface area contributed by atoms with Gasteiger partial charge in [-0.1, -0.05) is 34.7 Å². The van der Waals surface area contributed by atoms with Gasteiger partial charge < -0.3 is 14.4 Å². The molecule has 1 saturated heterocycles. The summed E-state index contributed by atoms with van der Waals surface area (Å²) in [5.41, 5.74) is 0. The molecule has 1 unspecified atom stereocenters. The first-order chi connectivity index (χ1) is 9.26. The van der Waals surface area contributed by atoms with E-state index in [0.29, 0.717) is 11.0 Å². The van der Waals surface area contributed by atoms with Gasteiger partial charge in [-0.05, 0) is 12.1 Å². The van der Waals surface area contributed by atoms with E-state index in [0.717, 1.165) is 23.8 Å². The topological polar surface area (TPSA) is 38.8 Å². The van der Waals surface area contributed by atoms with Crippen molar-refractivity contribution in [3.8, 4) is 11.5 Å². The first-order valence-electron chi connectivity index (χ1n) is 5.99. The number of carbonyl (C=O) groups excluding carboxylic acids is 1. The Bertz CT molecular complexity index is 444. The second-order valence-electron chi connectivity index (χ2n) is 4.01. The Morgan fingerprint density at radius 1 is 1.47 bits per heavy atom. The van der Waals surface area contributed by atoms with E-state index < -0.39 is 0 Å². The highest BCUT2D eigenvalue weighted by molar-refractivity contribution is 14.1. The van der Waals surface area contributed by atoms with E-state index in [1.165, 1.54) is 0 Å². The number of hydrogen-bond acceptors (Lipinski definition) is 4. The van der Waals surface area contributed by atoms with Gasteiger partial charge in [0.05, 0.1) is 11.5 Å². The molecule has 0 saturated carbocycles. The molecule has 1 heterocycles. The monoisotopic (exact) mass is 393 g/mol. The number of para-hydroxylation sites is 2. The van der Waals surface area contributed by atoms with Crippen molar-refractivity contribution in [1.29, 1.82) is 0 Å². The van der Waals surface area contributed by atoms with Gasteiger partial charge in [-0.15, -0.1) is 11.8 Å². The third kappa shape index (κ3) is 3.68. The van der Waals surface area contributed by atoms with Crippen molar-refractivity contribution < 1.29 is 14.3 Å². The summed E-state index contributed by atoms with van der Waals surface area (Å²) in [7, 11) is 1.62. The van der Waals surface area contributed by atoms with Gasteiger partial charge in [-0.25, -0.2) is 0 Å². The number of ether oxygens (including phenoxy) is 2. The van der Waals surface area contributed by atoms with Crippen molar-refractivity contribution >= 4 is 40.3 Å². The van der Waals surface area contributed by atoms with E-state index in [1.54, 1.807) is 18.9 Å². The maximum Gasteiger partial charge on any atom is 0.233 e. The molecular weight excluding hydrogens is 377 g/mol. The molecule has 1 fully saturated rings. The molecule has 1 aliphatic heterocycles. The van der Waals surface area contributed by atoms with Crippen LogP contribution in [-0.4, -0.2) is 46.6 Å². The van der Waals surface area contributed by atoms with Crippen molar-refractivity contribution in [2.24, 2.45) is 0 Å². The zero-order valence-corrected chi connectivity index (χ0v) is 13.6. The Kier molecular flexibility index (Phi) is 5.62. The zero-order valence-electron chi connectivity index (χ0n) is 10.7. The van der Waals surface area contributed by atoms with Crippen molar-refractivity contribution in [2.45, 2.75) is 5.37 Å². The molecule has 0 aromatic heterocycles. The molecule has 2 rings (SSSR count). The molecule has 0 spiro atoms. The molecule has 1 aliphatic rings. The highest BCUT2D eigenvalue weighted by Crippen LogP contribution is 2.29. The highest BCUT2D eigenvalue weighted by Gasteiger charge is 2.29. The Balaban J connectivity index is 1.96. The van der Waals surface area contributed by atoms with Crippen LogP contribution in [0.2, 0.25) is 0 Å². The molecule has 1 aromatic carbocycles. The van der Waals surface area contributed by atoms with Gasteiger partial charge >= 0.3 is 0 Å². The second-order valence-corrected chi connectivity index (χ2v) is 6.06. The van der Waals surface area contributed by atoms with Crippen LogP contribution >= 0.6 is 34.4 Å². The van der Waals surface area contributed by atoms with Crippen LogP contribution in [0.1, 0.15) is 0 Å². The maximum atomic E-state index is 11.8. The van der Waals surface area contributed by atoms with Crippen LogP contribution in [0, 0.1) is 0 Å². The number of thioether (sulfide) groups is 1. The largest absolute Gasteiger partial charge is 0.493 e. The SMILES string of the molecule is COc1ccccc1OCC1SCCN1C(=O)CI. The summed E-state index contributed by atoms with van der Waals surface area (Å²) in [5.74, 6) is 2.60. The van der Waals surface area contributed by atoms with Crippen LogP contribution in [0.4, 0.5) is 0 Å². The molecule has 104 valence electrons. The molecule has 1 atom stereocenters. The van der Waals surface area contributed by atoms with Crippen LogP contribution < -0.4 is 9.47 Å². The number of amides is 1. The number of rotatable bonds is 5. The van der Waals surface area contributed by atoms with Gasteiger partial charge in [-0.3, -0.25) is 4.79 Å². The lowest BCUT2D eigenvalue weighted by molar-refractivity contribution is -0.128. The van der Waals surface area contributed by atoms with E-state index in [2.05, 4.69) is 22.6 Å². The summed E-state index contributed by atoms with van der Waals surface area (Å²) >= 11 is 3.87. The smallest absolute Gasteiger partial charge is 0.233 e. The summed E-state index contributed by atoms with van der Waals surface area (Å²) in [5, 5.41) is 0.104. The lowest BCUT2D eigenvalue weighted by atomic mass is 10.3. The predicted molar refractivity (Wildman–Crippen MR) is 85.3 cm³/mol. The summed E-state index contributed by atoms with van der Waals surface area (Å²) in [4.78, 5) is 13.7. The van der Waals surface area contributed by atoms with E-state index in [9.17, 15) is 4.79 Å². The number of hydrogen-bond donors (Lipinski definition) is 0. The number of methoxy groups -OCH3 is 1. The van der Waals surface area contributed by atoms with Crippen LogP contribution in [-0.2, 0) is 4.79 Å². The molecular formula is C13H16INO3S. The van der Waals surface area contributed by atoms with Gasteiger partial charge in [-0.2, -0.15) is 0 Å². The van der Waals surface area contributed by atoms with Gasteiger partial charge in [0.2, 0.25) is 5.91 Å². The fraction of sp³-hybridized carbons (Fsp3) is 0.462. The van der Waals surface area contributed by atoms with Crippen LogP contribution in [0.25, 0.3) is 0 Å². The standard InChI is InChI=1S/C13H16INO3S/c1-17-10-4-2-3-5-11(10)18-9-13-15(6-7-19-13)12(16)8-14/h2-5,13H,6-9H2,1H3. The number of benzene rings is 1. The minimum Gasteiger partial charge on any atom is -0.493 e. The molecule has 0 bridgehead atoms. The predicted octanol–water partition coefficient (Wildman–Crippen LogP) is 2.41. The number of halogens is 1. The quantitative estimate of drug-likeness (QED) is 0.569. The van der Waals surface area contributed by atoms with E-state index in [1.807, 2.05) is 29.2 Å². The normalized spacial score (nSPS) is 18.4. The van der Waals surface area contributed by atoms with Crippen LogP contribution in [0.5, 0.6) is 11.5 Å². The van der Waals surface area contributed by atoms with Crippen LogP contribution in [0.15, 0.2) is 24.3 Å². The average Bonchev–Trinajstić information content (AvgIpc) is 2.93. The number of alkyl halides is 1. The van der Waals surface area contributed by atoms with Crippen LogP contribution in [0.3, 0.4) is 0 Å². The van der Waals surface area contributed by atoms with Crippen molar-refractivity contribution in [2.75, 3.05) is 30.4 Å². The third-order valence-corrected chi connectivity index (χ3v) is 4.72. The highest BCUT2D eigenvalue weighted by atomic mass is 127. The Hall–Kier alpha value is -0.630. The minimum atomic E-state index is 0.104. The second kappa shape index (κ2) is 7.23. The minimum absolute atomic E-state index is 0.104. The lowest BCUT2D eigenvalue weighted by Gasteiger charge is -2.23. The molecule has 6 heteroatoms. The molecule has 0 N–H and O–H groups in total. The lowest BCUT2D eigenvalue weighted by Crippen LogP contribution is -2.38. The van der Waals surface area contributed by atoms with Gasteiger partial charge in [0, 0.05) is 12.3 Å². The fourth-order valence-electron chi connectivity index (χ4n) is 1.92. The van der Waals surface area contributed by atoms with E-state index in [-0.39, 0.29) is 11.3 Å². The Labute approximate surface area is 131 Å². The summed E-state index contributed by atoms with van der Waals surface area (Å²) in [6, 6.07) is 7.56. The van der Waals surface area contributed by atoms with Gasteiger partial charge in [0.15, 0.2) is 11.5 Å². The van der Waals surface area contributed by atoms with Gasteiger partial charge in [0.1, 0.15) is 12.0 Å². The molecule has 0 radical (unpaired) electrons. The summed E-state index contributed by atoms with van der Waals surface area (Å²) < 4.78 is 11.6. The fourth-order valence-corrected chi connectivity index (χ4v) is 3.50. The molecule has 1 aromatic rings. The van der Waals surface area contributed by atoms with Crippen molar-refractivity contribution in [1.82, 2.24) is 4.90 Å². The molecule has 0 aliphatic carbocycles. The first-order valence-corrected chi connectivity index (χ1v) is 8.56. The Morgan fingerprint density at radius 3 is 2.89 bits per heavy atom. The number of nitrogens with zero attached hydrogens (tertiary/aromatic N) is 1. The molecule has 4 nitrogen and oxygen atoms in total. The first kappa shape index (κ1) is 14.8. The van der Waals surface area contributed by atoms with Gasteiger partial charge in [0.25, 0.3) is 0 Å². The van der Waals surface area contributed by atoms with Crippen molar-refractivity contribution in [3.63, 3.8) is 0 Å². The van der Waals surface area contributed by atoms with E-state index >= 15 is 0 Å². The molecule has 1 amide bonds. The Morgan fingerprint density at radius 2 is 2.21 bits per heavy atom. The van der Waals surface area contributed by atoms with Crippen molar-refractivity contribution in [3.05, 3.63) is 24.3 Å². The van der Waals surface area contributed by atoms with E-state index in [4.69, 9.17) is 9.47 Å².